The van der Waals surface area contributed by atoms with Gasteiger partial charge in [0.2, 0.25) is 0 Å². The Bertz CT molecular complexity index is 526. The summed E-state index contributed by atoms with van der Waals surface area (Å²) in [7, 11) is 0. The molecule has 0 amide bonds. The monoisotopic (exact) mass is 222 g/mol. The van der Waals surface area contributed by atoms with Crippen LogP contribution in [-0.4, -0.2) is 0 Å². The van der Waals surface area contributed by atoms with Gasteiger partial charge >= 0.3 is 0 Å². The van der Waals surface area contributed by atoms with Crippen LogP contribution in [0.1, 0.15) is 18.0 Å². The summed E-state index contributed by atoms with van der Waals surface area (Å²) in [6.45, 7) is 0. The third-order valence-electron chi connectivity index (χ3n) is 2.73. The molecule has 2 heteroatoms. The maximum absolute atomic E-state index is 8.65. The molecular formula is C15H14N2. The van der Waals surface area contributed by atoms with Gasteiger partial charge < -0.3 is 5.73 Å². The van der Waals surface area contributed by atoms with Crippen LogP contribution in [0, 0.1) is 11.3 Å². The van der Waals surface area contributed by atoms with Crippen LogP contribution in [0.5, 0.6) is 0 Å². The van der Waals surface area contributed by atoms with Crippen molar-refractivity contribution in [2.75, 3.05) is 0 Å². The fourth-order valence-electron chi connectivity index (χ4n) is 1.80. The molecule has 0 unspecified atom stereocenters. The van der Waals surface area contributed by atoms with Crippen molar-refractivity contribution < 1.29 is 0 Å². The Morgan fingerprint density at radius 3 is 2.41 bits per heavy atom. The minimum atomic E-state index is -0.205. The number of nitriles is 1. The minimum absolute atomic E-state index is 0.205. The lowest BCUT2D eigenvalue weighted by Crippen LogP contribution is -2.08. The van der Waals surface area contributed by atoms with E-state index in [4.69, 9.17) is 11.0 Å². The van der Waals surface area contributed by atoms with Crippen molar-refractivity contribution in [2.45, 2.75) is 12.5 Å². The molecule has 0 aliphatic heterocycles. The van der Waals surface area contributed by atoms with Crippen molar-refractivity contribution >= 4 is 0 Å². The fraction of sp³-hybridized carbons (Fsp3) is 0.133. The molecule has 1 atom stereocenters. The van der Waals surface area contributed by atoms with Gasteiger partial charge in [-0.3, -0.25) is 0 Å². The molecule has 0 saturated heterocycles. The number of hydrogen-bond acceptors (Lipinski definition) is 2. The molecule has 0 bridgehead atoms. The van der Waals surface area contributed by atoms with E-state index in [9.17, 15) is 0 Å². The first kappa shape index (κ1) is 11.4. The zero-order chi connectivity index (χ0) is 12.1. The Balaban J connectivity index is 2.33. The molecule has 0 spiro atoms. The third kappa shape index (κ3) is 2.72. The summed E-state index contributed by atoms with van der Waals surface area (Å²) in [5.74, 6) is 0. The highest BCUT2D eigenvalue weighted by molar-refractivity contribution is 5.64. The third-order valence-corrected chi connectivity index (χ3v) is 2.73. The van der Waals surface area contributed by atoms with E-state index in [-0.39, 0.29) is 6.04 Å². The average molecular weight is 222 g/mol. The zero-order valence-electron chi connectivity index (χ0n) is 9.51. The minimum Gasteiger partial charge on any atom is -0.323 e. The predicted octanol–water partition coefficient (Wildman–Crippen LogP) is 3.27. The van der Waals surface area contributed by atoms with Gasteiger partial charge in [0.15, 0.2) is 0 Å². The molecule has 0 fully saturated rings. The molecule has 2 N–H and O–H groups in total. The van der Waals surface area contributed by atoms with Crippen LogP contribution < -0.4 is 5.73 Å². The lowest BCUT2D eigenvalue weighted by atomic mass is 9.99. The van der Waals surface area contributed by atoms with Crippen LogP contribution in [-0.2, 0) is 0 Å². The maximum Gasteiger partial charge on any atom is 0.0641 e. The zero-order valence-corrected chi connectivity index (χ0v) is 9.51. The SMILES string of the molecule is N#CC[C@@H](N)c1cccc(-c2ccccc2)c1. The van der Waals surface area contributed by atoms with Crippen LogP contribution >= 0.6 is 0 Å². The van der Waals surface area contributed by atoms with Gasteiger partial charge in [-0.25, -0.2) is 0 Å². The van der Waals surface area contributed by atoms with Crippen molar-refractivity contribution in [1.29, 1.82) is 5.26 Å². The van der Waals surface area contributed by atoms with Crippen molar-refractivity contribution in [3.63, 3.8) is 0 Å². The lowest BCUT2D eigenvalue weighted by Gasteiger charge is -2.10. The van der Waals surface area contributed by atoms with Crippen LogP contribution in [0.15, 0.2) is 54.6 Å². The van der Waals surface area contributed by atoms with E-state index < -0.39 is 0 Å². The van der Waals surface area contributed by atoms with Crippen molar-refractivity contribution in [2.24, 2.45) is 5.73 Å². The number of hydrogen-bond donors (Lipinski definition) is 1. The first-order valence-corrected chi connectivity index (χ1v) is 5.59. The number of nitrogens with zero attached hydrogens (tertiary/aromatic N) is 1. The normalized spacial score (nSPS) is 11.8. The summed E-state index contributed by atoms with van der Waals surface area (Å²) in [6.07, 6.45) is 0.345. The van der Waals surface area contributed by atoms with Gasteiger partial charge in [0.25, 0.3) is 0 Å². The summed E-state index contributed by atoms with van der Waals surface area (Å²) in [4.78, 5) is 0. The first-order chi connectivity index (χ1) is 8.31. The summed E-state index contributed by atoms with van der Waals surface area (Å²) < 4.78 is 0. The van der Waals surface area contributed by atoms with Gasteiger partial charge in [-0.15, -0.1) is 0 Å². The Morgan fingerprint density at radius 2 is 1.71 bits per heavy atom. The second-order valence-corrected chi connectivity index (χ2v) is 3.96. The summed E-state index contributed by atoms with van der Waals surface area (Å²) >= 11 is 0. The van der Waals surface area contributed by atoms with E-state index in [0.717, 1.165) is 11.1 Å². The smallest absolute Gasteiger partial charge is 0.0641 e. The van der Waals surface area contributed by atoms with Gasteiger partial charge in [0.05, 0.1) is 12.5 Å². The molecule has 0 heterocycles. The number of rotatable bonds is 3. The Kier molecular flexibility index (Phi) is 3.54. The van der Waals surface area contributed by atoms with E-state index in [1.807, 2.05) is 30.3 Å². The molecule has 0 saturated carbocycles. The van der Waals surface area contributed by atoms with Gasteiger partial charge in [0.1, 0.15) is 0 Å². The topological polar surface area (TPSA) is 49.8 Å². The second-order valence-electron chi connectivity index (χ2n) is 3.96. The highest BCUT2D eigenvalue weighted by Crippen LogP contribution is 2.23. The van der Waals surface area contributed by atoms with Crippen LogP contribution in [0.3, 0.4) is 0 Å². The molecule has 0 radical (unpaired) electrons. The van der Waals surface area contributed by atoms with Crippen molar-refractivity contribution in [1.82, 2.24) is 0 Å². The molecule has 0 aliphatic carbocycles. The number of nitrogens with two attached hydrogens (primary N) is 1. The Hall–Kier alpha value is -2.11. The second kappa shape index (κ2) is 5.29. The largest absolute Gasteiger partial charge is 0.323 e. The van der Waals surface area contributed by atoms with Gasteiger partial charge in [-0.1, -0.05) is 48.5 Å². The van der Waals surface area contributed by atoms with Crippen molar-refractivity contribution in [3.8, 4) is 17.2 Å². The van der Waals surface area contributed by atoms with E-state index in [1.165, 1.54) is 5.56 Å². The van der Waals surface area contributed by atoms with Crippen LogP contribution in [0.2, 0.25) is 0 Å². The lowest BCUT2D eigenvalue weighted by molar-refractivity contribution is 0.749. The van der Waals surface area contributed by atoms with E-state index in [2.05, 4.69) is 30.3 Å². The quantitative estimate of drug-likeness (QED) is 0.866. The van der Waals surface area contributed by atoms with Crippen LogP contribution in [0.25, 0.3) is 11.1 Å². The van der Waals surface area contributed by atoms with Crippen LogP contribution in [0.4, 0.5) is 0 Å². The molecule has 2 aromatic rings. The first-order valence-electron chi connectivity index (χ1n) is 5.59. The number of benzene rings is 2. The predicted molar refractivity (Wildman–Crippen MR) is 69.0 cm³/mol. The van der Waals surface area contributed by atoms with Crippen molar-refractivity contribution in [3.05, 3.63) is 60.2 Å². The highest BCUT2D eigenvalue weighted by atomic mass is 14.6. The van der Waals surface area contributed by atoms with Gasteiger partial charge in [0, 0.05) is 6.04 Å². The molecule has 0 aliphatic rings. The standard InChI is InChI=1S/C15H14N2/c16-10-9-15(17)14-8-4-7-13(11-14)12-5-2-1-3-6-12/h1-8,11,15H,9,17H2/t15-/m1/s1. The Labute approximate surface area is 101 Å². The van der Waals surface area contributed by atoms with E-state index in [1.54, 1.807) is 0 Å². The molecule has 17 heavy (non-hydrogen) atoms. The van der Waals surface area contributed by atoms with Gasteiger partial charge in [-0.2, -0.15) is 5.26 Å². The molecule has 2 nitrogen and oxygen atoms in total. The van der Waals surface area contributed by atoms with E-state index in [0.29, 0.717) is 6.42 Å². The highest BCUT2D eigenvalue weighted by Gasteiger charge is 2.06. The van der Waals surface area contributed by atoms with Gasteiger partial charge in [-0.05, 0) is 22.8 Å². The molecular weight excluding hydrogens is 208 g/mol. The Morgan fingerprint density at radius 1 is 1.00 bits per heavy atom. The molecule has 2 rings (SSSR count). The summed E-state index contributed by atoms with van der Waals surface area (Å²) in [5.41, 5.74) is 9.24. The van der Waals surface area contributed by atoms with E-state index >= 15 is 0 Å². The fourth-order valence-corrected chi connectivity index (χ4v) is 1.80. The molecule has 0 aromatic heterocycles. The summed E-state index contributed by atoms with van der Waals surface area (Å²) in [6, 6.07) is 20.1. The summed E-state index contributed by atoms with van der Waals surface area (Å²) in [5, 5.41) is 8.65. The molecule has 2 aromatic carbocycles. The average Bonchev–Trinajstić information content (AvgIpc) is 2.40. The maximum atomic E-state index is 8.65. The molecule has 84 valence electrons.